The molecule has 2 aromatic heterocycles. The zero-order valence-electron chi connectivity index (χ0n) is 18.0. The van der Waals surface area contributed by atoms with Crippen LogP contribution in [0.2, 0.25) is 5.02 Å². The van der Waals surface area contributed by atoms with Gasteiger partial charge in [0, 0.05) is 22.5 Å². The third-order valence-corrected chi connectivity index (χ3v) is 6.45. The molecule has 1 aliphatic heterocycles. The number of anilines is 1. The summed E-state index contributed by atoms with van der Waals surface area (Å²) in [4.78, 5) is 6.52. The van der Waals surface area contributed by atoms with E-state index in [1.54, 1.807) is 25.3 Å². The second-order valence-corrected chi connectivity index (χ2v) is 8.91. The maximum atomic E-state index is 14.0. The normalized spacial score (nSPS) is 17.9. The van der Waals surface area contributed by atoms with Crippen LogP contribution in [-0.4, -0.2) is 10.1 Å². The average molecular weight is 478 g/mol. The summed E-state index contributed by atoms with van der Waals surface area (Å²) >= 11 is 12.0. The quantitative estimate of drug-likeness (QED) is 0.323. The van der Waals surface area contributed by atoms with E-state index in [4.69, 9.17) is 28.2 Å². The van der Waals surface area contributed by atoms with Gasteiger partial charge in [0.25, 0.3) is 0 Å². The van der Waals surface area contributed by atoms with Gasteiger partial charge in [-0.1, -0.05) is 23.7 Å². The molecule has 0 spiro atoms. The van der Waals surface area contributed by atoms with Gasteiger partial charge in [0.05, 0.1) is 11.7 Å². The van der Waals surface area contributed by atoms with E-state index in [0.29, 0.717) is 21.5 Å². The third-order valence-electron chi connectivity index (χ3n) is 5.90. The van der Waals surface area contributed by atoms with Crippen molar-refractivity contribution < 1.29 is 8.81 Å². The van der Waals surface area contributed by atoms with Crippen molar-refractivity contribution >= 4 is 34.6 Å². The Morgan fingerprint density at radius 3 is 2.64 bits per heavy atom. The van der Waals surface area contributed by atoms with Crippen molar-refractivity contribution in [2.24, 2.45) is 0 Å². The number of furan rings is 1. The molecule has 0 aliphatic carbocycles. The SMILES string of the molecule is Cc1cc(N2C(=S)N[C@@H](c3ccccn3)[C@@H]2c2ccc(-c3cc(Cl)ccc3C)o2)ccc1F. The maximum absolute atomic E-state index is 14.0. The van der Waals surface area contributed by atoms with Crippen molar-refractivity contribution in [3.63, 3.8) is 0 Å². The Labute approximate surface area is 202 Å². The fraction of sp³-hybridized carbons (Fsp3) is 0.154. The Bertz CT molecular complexity index is 1340. The predicted molar refractivity (Wildman–Crippen MR) is 133 cm³/mol. The van der Waals surface area contributed by atoms with E-state index >= 15 is 0 Å². The third kappa shape index (κ3) is 4.01. The van der Waals surface area contributed by atoms with Gasteiger partial charge < -0.3 is 14.6 Å². The van der Waals surface area contributed by atoms with Crippen LogP contribution in [0.4, 0.5) is 10.1 Å². The Morgan fingerprint density at radius 2 is 1.88 bits per heavy atom. The number of halogens is 2. The van der Waals surface area contributed by atoms with Gasteiger partial charge in [0.1, 0.15) is 23.4 Å². The van der Waals surface area contributed by atoms with Crippen LogP contribution in [0.25, 0.3) is 11.3 Å². The standard InChI is InChI=1S/C26H21ClFN3OS/c1-15-6-7-17(27)14-19(15)22-10-11-23(32-22)25-24(21-5-3-4-12-29-21)30-26(33)31(25)18-8-9-20(28)16(2)13-18/h3-14,24-25H,1-2H3,(H,30,33)/t24-,25-/m0/s1. The fourth-order valence-electron chi connectivity index (χ4n) is 4.22. The van der Waals surface area contributed by atoms with E-state index in [1.165, 1.54) is 6.07 Å². The lowest BCUT2D eigenvalue weighted by atomic mass is 10.0. The number of hydrogen-bond acceptors (Lipinski definition) is 3. The van der Waals surface area contributed by atoms with E-state index in [-0.39, 0.29) is 17.9 Å². The Kier molecular flexibility index (Phi) is 5.64. The van der Waals surface area contributed by atoms with Gasteiger partial charge in [-0.25, -0.2) is 4.39 Å². The average Bonchev–Trinajstić information content (AvgIpc) is 3.42. The highest BCUT2D eigenvalue weighted by atomic mass is 35.5. The van der Waals surface area contributed by atoms with E-state index < -0.39 is 0 Å². The summed E-state index contributed by atoms with van der Waals surface area (Å²) in [5.74, 6) is 1.18. The Morgan fingerprint density at radius 1 is 1.03 bits per heavy atom. The predicted octanol–water partition coefficient (Wildman–Crippen LogP) is 6.93. The zero-order chi connectivity index (χ0) is 23.1. The van der Waals surface area contributed by atoms with Gasteiger partial charge in [-0.2, -0.15) is 0 Å². The number of aromatic nitrogens is 1. The van der Waals surface area contributed by atoms with Gasteiger partial charge >= 0.3 is 0 Å². The number of pyridine rings is 1. The minimum Gasteiger partial charge on any atom is -0.459 e. The van der Waals surface area contributed by atoms with Crippen molar-refractivity contribution in [3.8, 4) is 11.3 Å². The molecule has 5 rings (SSSR count). The fourth-order valence-corrected chi connectivity index (χ4v) is 4.73. The van der Waals surface area contributed by atoms with Crippen molar-refractivity contribution in [1.82, 2.24) is 10.3 Å². The molecule has 166 valence electrons. The van der Waals surface area contributed by atoms with Crippen LogP contribution in [0.5, 0.6) is 0 Å². The second kappa shape index (κ2) is 8.61. The Hall–Kier alpha value is -3.22. The lowest BCUT2D eigenvalue weighted by molar-refractivity contribution is 0.439. The molecule has 2 atom stereocenters. The van der Waals surface area contributed by atoms with E-state index in [0.717, 1.165) is 28.3 Å². The summed E-state index contributed by atoms with van der Waals surface area (Å²) in [6.45, 7) is 3.76. The van der Waals surface area contributed by atoms with Crippen LogP contribution in [0.15, 0.2) is 77.3 Å². The van der Waals surface area contributed by atoms with Gasteiger partial charge in [-0.15, -0.1) is 0 Å². The smallest absolute Gasteiger partial charge is 0.174 e. The lowest BCUT2D eigenvalue weighted by Crippen LogP contribution is -2.29. The molecule has 2 aromatic carbocycles. The molecular weight excluding hydrogens is 457 g/mol. The van der Waals surface area contributed by atoms with Gasteiger partial charge in [0.15, 0.2) is 5.11 Å². The summed E-state index contributed by atoms with van der Waals surface area (Å²) in [7, 11) is 0. The molecule has 4 aromatic rings. The number of rotatable bonds is 4. The first-order valence-corrected chi connectivity index (χ1v) is 11.3. The highest BCUT2D eigenvalue weighted by Gasteiger charge is 2.42. The number of thiocarbonyl (C=S) groups is 1. The summed E-state index contributed by atoms with van der Waals surface area (Å²) in [6, 6.07) is 19.8. The van der Waals surface area contributed by atoms with Crippen molar-refractivity contribution in [1.29, 1.82) is 0 Å². The molecule has 0 bridgehead atoms. The molecule has 0 unspecified atom stereocenters. The number of nitrogens with zero attached hydrogens (tertiary/aromatic N) is 2. The van der Waals surface area contributed by atoms with Gasteiger partial charge in [-0.3, -0.25) is 4.98 Å². The summed E-state index contributed by atoms with van der Waals surface area (Å²) < 4.78 is 20.4. The van der Waals surface area contributed by atoms with Gasteiger partial charge in [-0.05, 0) is 91.8 Å². The number of benzene rings is 2. The minimum absolute atomic E-state index is 0.247. The molecule has 33 heavy (non-hydrogen) atoms. The van der Waals surface area contributed by atoms with Crippen LogP contribution in [0, 0.1) is 19.7 Å². The van der Waals surface area contributed by atoms with Crippen LogP contribution < -0.4 is 10.2 Å². The molecule has 1 saturated heterocycles. The molecule has 1 aliphatic rings. The largest absolute Gasteiger partial charge is 0.459 e. The van der Waals surface area contributed by atoms with Crippen LogP contribution in [-0.2, 0) is 0 Å². The summed E-state index contributed by atoms with van der Waals surface area (Å²) in [5.41, 5.74) is 4.16. The highest BCUT2D eigenvalue weighted by molar-refractivity contribution is 7.80. The van der Waals surface area contributed by atoms with E-state index in [2.05, 4.69) is 10.3 Å². The highest BCUT2D eigenvalue weighted by Crippen LogP contribution is 2.43. The molecule has 1 N–H and O–H groups in total. The Balaban J connectivity index is 1.62. The molecule has 7 heteroatoms. The lowest BCUT2D eigenvalue weighted by Gasteiger charge is -2.26. The first kappa shape index (κ1) is 21.6. The van der Waals surface area contributed by atoms with E-state index in [1.807, 2.05) is 60.4 Å². The minimum atomic E-state index is -0.314. The number of nitrogens with one attached hydrogen (secondary N) is 1. The first-order chi connectivity index (χ1) is 15.9. The molecule has 0 amide bonds. The maximum Gasteiger partial charge on any atom is 0.174 e. The zero-order valence-corrected chi connectivity index (χ0v) is 19.6. The molecule has 1 fully saturated rings. The van der Waals surface area contributed by atoms with Crippen molar-refractivity contribution in [2.45, 2.75) is 25.9 Å². The molecule has 4 nitrogen and oxygen atoms in total. The number of aryl methyl sites for hydroxylation is 2. The topological polar surface area (TPSA) is 41.3 Å². The second-order valence-electron chi connectivity index (χ2n) is 8.09. The molecule has 0 saturated carbocycles. The van der Waals surface area contributed by atoms with Crippen LogP contribution in [0.3, 0.4) is 0 Å². The summed E-state index contributed by atoms with van der Waals surface area (Å²) in [5, 5.41) is 4.56. The monoisotopic (exact) mass is 477 g/mol. The van der Waals surface area contributed by atoms with Crippen molar-refractivity contribution in [3.05, 3.63) is 106 Å². The molecule has 3 heterocycles. The van der Waals surface area contributed by atoms with Crippen molar-refractivity contribution in [2.75, 3.05) is 4.90 Å². The first-order valence-electron chi connectivity index (χ1n) is 10.6. The van der Waals surface area contributed by atoms with Crippen LogP contribution >= 0.6 is 23.8 Å². The molecule has 0 radical (unpaired) electrons. The molecular formula is C26H21ClFN3OS. The number of hydrogen-bond donors (Lipinski definition) is 1. The van der Waals surface area contributed by atoms with Crippen LogP contribution in [0.1, 0.15) is 34.7 Å². The summed E-state index contributed by atoms with van der Waals surface area (Å²) in [6.07, 6.45) is 1.75. The van der Waals surface area contributed by atoms with Gasteiger partial charge in [0.2, 0.25) is 0 Å². The van der Waals surface area contributed by atoms with E-state index in [9.17, 15) is 4.39 Å².